The van der Waals surface area contributed by atoms with Crippen molar-refractivity contribution in [3.8, 4) is 0 Å². The molecule has 0 bridgehead atoms. The number of nitrogens with zero attached hydrogens (tertiary/aromatic N) is 3. The highest BCUT2D eigenvalue weighted by Crippen LogP contribution is 2.42. The number of aryl methyl sites for hydroxylation is 1. The van der Waals surface area contributed by atoms with Crippen LogP contribution in [-0.2, 0) is 6.54 Å². The summed E-state index contributed by atoms with van der Waals surface area (Å²) in [7, 11) is 0. The number of aromatic nitrogens is 3. The van der Waals surface area contributed by atoms with Gasteiger partial charge in [-0.25, -0.2) is 0 Å². The molecule has 9 heteroatoms. The van der Waals surface area contributed by atoms with Crippen molar-refractivity contribution in [1.29, 1.82) is 0 Å². The standard InChI is InChI=1S/C15H10Br5N3O/c16-8-3-1-7(2-4-8)9(24)5-6-23-21-14-12(19)10(17)11(18)13(20)15(14)22-23/h1-4,9,24H,5-6H2. The smallest absolute Gasteiger partial charge is 0.129 e. The molecule has 0 saturated carbocycles. The van der Waals surface area contributed by atoms with Crippen LogP contribution < -0.4 is 0 Å². The SMILES string of the molecule is OC(CCn1nc2c(Br)c(Br)c(Br)c(Br)c2n1)c1ccc(Br)cc1. The third-order valence-electron chi connectivity index (χ3n) is 3.51. The van der Waals surface area contributed by atoms with Gasteiger partial charge in [0.15, 0.2) is 0 Å². The van der Waals surface area contributed by atoms with Crippen LogP contribution in [0.2, 0.25) is 0 Å². The van der Waals surface area contributed by atoms with Crippen LogP contribution in [0.1, 0.15) is 18.1 Å². The fraction of sp³-hybridized carbons (Fsp3) is 0.200. The van der Waals surface area contributed by atoms with Gasteiger partial charge in [-0.15, -0.1) is 0 Å². The fourth-order valence-corrected chi connectivity index (χ4v) is 4.73. The third-order valence-corrected chi connectivity index (χ3v) is 8.76. The first kappa shape index (κ1) is 19.0. The number of halogens is 5. The lowest BCUT2D eigenvalue weighted by Crippen LogP contribution is -2.07. The lowest BCUT2D eigenvalue weighted by atomic mass is 10.1. The third kappa shape index (κ3) is 3.81. The van der Waals surface area contributed by atoms with Gasteiger partial charge in [-0.1, -0.05) is 28.1 Å². The highest BCUT2D eigenvalue weighted by Gasteiger charge is 2.18. The van der Waals surface area contributed by atoms with Crippen molar-refractivity contribution in [1.82, 2.24) is 15.0 Å². The Kier molecular flexibility index (Phi) is 6.20. The van der Waals surface area contributed by atoms with Gasteiger partial charge in [0, 0.05) is 13.4 Å². The molecule has 4 nitrogen and oxygen atoms in total. The van der Waals surface area contributed by atoms with E-state index in [1.54, 1.807) is 4.80 Å². The Morgan fingerprint density at radius 2 is 1.33 bits per heavy atom. The Morgan fingerprint density at radius 1 is 0.833 bits per heavy atom. The summed E-state index contributed by atoms with van der Waals surface area (Å²) in [5, 5.41) is 19.4. The monoisotopic (exact) mass is 643 g/mol. The molecule has 0 aliphatic carbocycles. The Bertz CT molecular complexity index is 850. The van der Waals surface area contributed by atoms with Gasteiger partial charge < -0.3 is 5.11 Å². The number of hydrogen-bond donors (Lipinski definition) is 1. The van der Waals surface area contributed by atoms with E-state index in [2.05, 4.69) is 89.8 Å². The number of rotatable bonds is 4. The van der Waals surface area contributed by atoms with Crippen molar-refractivity contribution in [3.05, 3.63) is 52.2 Å². The average Bonchev–Trinajstić information content (AvgIpc) is 3.01. The van der Waals surface area contributed by atoms with E-state index in [0.717, 1.165) is 39.0 Å². The summed E-state index contributed by atoms with van der Waals surface area (Å²) >= 11 is 17.5. The zero-order chi connectivity index (χ0) is 17.4. The minimum Gasteiger partial charge on any atom is -0.388 e. The second kappa shape index (κ2) is 7.84. The molecule has 3 aromatic rings. The molecule has 0 radical (unpaired) electrons. The molecule has 126 valence electrons. The quantitative estimate of drug-likeness (QED) is 0.265. The molecule has 1 heterocycles. The maximum Gasteiger partial charge on any atom is 0.129 e. The van der Waals surface area contributed by atoms with E-state index in [9.17, 15) is 5.11 Å². The van der Waals surface area contributed by atoms with E-state index in [1.807, 2.05) is 24.3 Å². The second-order valence-electron chi connectivity index (χ2n) is 5.11. The van der Waals surface area contributed by atoms with Crippen LogP contribution in [0.3, 0.4) is 0 Å². The van der Waals surface area contributed by atoms with Crippen LogP contribution in [0.4, 0.5) is 0 Å². The summed E-state index contributed by atoms with van der Waals surface area (Å²) in [5.41, 5.74) is 2.40. The van der Waals surface area contributed by atoms with E-state index in [4.69, 9.17) is 0 Å². The summed E-state index contributed by atoms with van der Waals surface area (Å²) in [6, 6.07) is 7.65. The summed E-state index contributed by atoms with van der Waals surface area (Å²) in [5.74, 6) is 0. The predicted molar refractivity (Wildman–Crippen MR) is 112 cm³/mol. The van der Waals surface area contributed by atoms with E-state index < -0.39 is 6.10 Å². The molecule has 0 aliphatic rings. The van der Waals surface area contributed by atoms with Crippen LogP contribution in [-0.4, -0.2) is 20.1 Å². The molecule has 3 rings (SSSR count). The molecule has 1 N–H and O–H groups in total. The topological polar surface area (TPSA) is 50.9 Å². The first-order valence-corrected chi connectivity index (χ1v) is 10.8. The number of fused-ring (bicyclic) bond motifs is 1. The Balaban J connectivity index is 1.82. The molecule has 0 fully saturated rings. The minimum absolute atomic E-state index is 0.514. The number of aliphatic hydroxyl groups excluding tert-OH is 1. The van der Waals surface area contributed by atoms with Gasteiger partial charge in [0.05, 0.1) is 21.6 Å². The Morgan fingerprint density at radius 3 is 1.83 bits per heavy atom. The Hall–Kier alpha value is 0.200. The molecule has 1 atom stereocenters. The van der Waals surface area contributed by atoms with Crippen LogP contribution >= 0.6 is 79.6 Å². The molecule has 0 saturated heterocycles. The molecular formula is C15H10Br5N3O. The number of aliphatic hydroxyl groups is 1. The normalized spacial score (nSPS) is 12.8. The van der Waals surface area contributed by atoms with Crippen molar-refractivity contribution in [2.24, 2.45) is 0 Å². The highest BCUT2D eigenvalue weighted by atomic mass is 79.9. The van der Waals surface area contributed by atoms with E-state index in [0.29, 0.717) is 13.0 Å². The van der Waals surface area contributed by atoms with Gasteiger partial charge in [-0.2, -0.15) is 15.0 Å². The Labute approximate surface area is 180 Å². The van der Waals surface area contributed by atoms with Gasteiger partial charge in [-0.05, 0) is 87.8 Å². The molecule has 0 amide bonds. The second-order valence-corrected chi connectivity index (χ2v) is 9.19. The largest absolute Gasteiger partial charge is 0.388 e. The van der Waals surface area contributed by atoms with Crippen LogP contribution in [0, 0.1) is 0 Å². The highest BCUT2D eigenvalue weighted by molar-refractivity contribution is 9.15. The first-order chi connectivity index (χ1) is 11.4. The van der Waals surface area contributed by atoms with E-state index in [1.165, 1.54) is 0 Å². The van der Waals surface area contributed by atoms with Gasteiger partial charge in [0.25, 0.3) is 0 Å². The van der Waals surface area contributed by atoms with Crippen LogP contribution in [0.25, 0.3) is 11.0 Å². The molecule has 1 unspecified atom stereocenters. The molecule has 24 heavy (non-hydrogen) atoms. The van der Waals surface area contributed by atoms with Gasteiger partial charge in [0.2, 0.25) is 0 Å². The lowest BCUT2D eigenvalue weighted by molar-refractivity contribution is 0.157. The molecule has 0 aliphatic heterocycles. The van der Waals surface area contributed by atoms with Gasteiger partial charge >= 0.3 is 0 Å². The van der Waals surface area contributed by atoms with Crippen molar-refractivity contribution in [3.63, 3.8) is 0 Å². The molecule has 0 spiro atoms. The maximum absolute atomic E-state index is 10.3. The van der Waals surface area contributed by atoms with Gasteiger partial charge in [0.1, 0.15) is 11.0 Å². The zero-order valence-electron chi connectivity index (χ0n) is 12.0. The minimum atomic E-state index is -0.558. The molecule has 1 aromatic heterocycles. The summed E-state index contributed by atoms with van der Waals surface area (Å²) in [4.78, 5) is 1.61. The van der Waals surface area contributed by atoms with E-state index >= 15 is 0 Å². The predicted octanol–water partition coefficient (Wildman–Crippen LogP) is 6.37. The average molecular weight is 648 g/mol. The van der Waals surface area contributed by atoms with Crippen molar-refractivity contribution < 1.29 is 5.11 Å². The summed E-state index contributed by atoms with van der Waals surface area (Å²) in [6.07, 6.45) is -0.0298. The lowest BCUT2D eigenvalue weighted by Gasteiger charge is -2.10. The zero-order valence-corrected chi connectivity index (χ0v) is 19.9. The van der Waals surface area contributed by atoms with E-state index in [-0.39, 0.29) is 0 Å². The number of benzene rings is 2. The summed E-state index contributed by atoms with van der Waals surface area (Å²) in [6.45, 7) is 0.514. The van der Waals surface area contributed by atoms with Gasteiger partial charge in [-0.3, -0.25) is 0 Å². The molecular weight excluding hydrogens is 638 g/mol. The summed E-state index contributed by atoms with van der Waals surface area (Å²) < 4.78 is 4.43. The fourth-order valence-electron chi connectivity index (χ4n) is 2.23. The molecule has 2 aromatic carbocycles. The van der Waals surface area contributed by atoms with Crippen LogP contribution in [0.5, 0.6) is 0 Å². The van der Waals surface area contributed by atoms with Crippen molar-refractivity contribution in [2.75, 3.05) is 0 Å². The van der Waals surface area contributed by atoms with Crippen molar-refractivity contribution in [2.45, 2.75) is 19.1 Å². The maximum atomic E-state index is 10.3. The first-order valence-electron chi connectivity index (χ1n) is 6.88. The number of hydrogen-bond acceptors (Lipinski definition) is 3. The van der Waals surface area contributed by atoms with Crippen LogP contribution in [0.15, 0.2) is 46.6 Å². The van der Waals surface area contributed by atoms with Crippen molar-refractivity contribution >= 4 is 90.7 Å².